The van der Waals surface area contributed by atoms with Gasteiger partial charge in [-0.2, -0.15) is 0 Å². The van der Waals surface area contributed by atoms with E-state index < -0.39 is 0 Å². The van der Waals surface area contributed by atoms with Crippen LogP contribution in [0, 0.1) is 6.92 Å². The molecule has 0 bridgehead atoms. The van der Waals surface area contributed by atoms with Gasteiger partial charge in [-0.25, -0.2) is 0 Å². The van der Waals surface area contributed by atoms with Gasteiger partial charge in [0.2, 0.25) is 0 Å². The molecule has 0 aliphatic heterocycles. The maximum absolute atomic E-state index is 5.34. The molecule has 3 heteroatoms. The zero-order valence-corrected chi connectivity index (χ0v) is 12.2. The van der Waals surface area contributed by atoms with Crippen molar-refractivity contribution < 1.29 is 9.47 Å². The van der Waals surface area contributed by atoms with Gasteiger partial charge in [-0.1, -0.05) is 20.3 Å². The summed E-state index contributed by atoms with van der Waals surface area (Å²) in [6, 6.07) is 4.55. The highest BCUT2D eigenvalue weighted by atomic mass is 16.5. The van der Waals surface area contributed by atoms with Crippen LogP contribution in [0.25, 0.3) is 0 Å². The summed E-state index contributed by atoms with van der Waals surface area (Å²) in [5.41, 5.74) is 2.31. The first-order valence-electron chi connectivity index (χ1n) is 6.65. The molecule has 1 aromatic rings. The lowest BCUT2D eigenvalue weighted by Gasteiger charge is -2.20. The summed E-state index contributed by atoms with van der Waals surface area (Å²) in [5, 5.41) is 3.59. The molecule has 18 heavy (non-hydrogen) atoms. The molecule has 1 rings (SSSR count). The zero-order valence-electron chi connectivity index (χ0n) is 12.2. The summed E-state index contributed by atoms with van der Waals surface area (Å²) in [7, 11) is 3.33. The van der Waals surface area contributed by atoms with Crippen molar-refractivity contribution in [1.29, 1.82) is 0 Å². The molecule has 0 radical (unpaired) electrons. The van der Waals surface area contributed by atoms with Crippen molar-refractivity contribution >= 4 is 5.69 Å². The van der Waals surface area contributed by atoms with Crippen LogP contribution in [-0.4, -0.2) is 20.3 Å². The molecule has 0 aliphatic rings. The Kier molecular flexibility index (Phi) is 5.83. The van der Waals surface area contributed by atoms with Crippen LogP contribution in [-0.2, 0) is 0 Å². The minimum absolute atomic E-state index is 0.520. The van der Waals surface area contributed by atoms with E-state index in [1.54, 1.807) is 14.2 Å². The third-order valence-corrected chi connectivity index (χ3v) is 3.22. The van der Waals surface area contributed by atoms with E-state index in [1.807, 2.05) is 12.1 Å². The van der Waals surface area contributed by atoms with Crippen molar-refractivity contribution in [1.82, 2.24) is 0 Å². The van der Waals surface area contributed by atoms with E-state index in [-0.39, 0.29) is 0 Å². The van der Waals surface area contributed by atoms with Gasteiger partial charge in [0.15, 0.2) is 11.5 Å². The van der Waals surface area contributed by atoms with Crippen LogP contribution in [0.1, 0.15) is 38.7 Å². The highest BCUT2D eigenvalue weighted by Crippen LogP contribution is 2.33. The first-order chi connectivity index (χ1) is 8.65. The first-order valence-corrected chi connectivity index (χ1v) is 6.65. The van der Waals surface area contributed by atoms with E-state index >= 15 is 0 Å². The summed E-state index contributed by atoms with van der Waals surface area (Å²) < 4.78 is 10.6. The zero-order chi connectivity index (χ0) is 13.5. The lowest BCUT2D eigenvalue weighted by Crippen LogP contribution is -2.18. The van der Waals surface area contributed by atoms with Crippen LogP contribution < -0.4 is 14.8 Å². The Bertz CT molecular complexity index is 377. The standard InChI is InChI=1S/C15H25NO2/c1-6-8-12(7-2)16-13-10-15(18-5)14(17-4)9-11(13)3/h9-10,12,16H,6-8H2,1-5H3. The highest BCUT2D eigenvalue weighted by molar-refractivity contribution is 5.60. The second-order valence-corrected chi connectivity index (χ2v) is 4.56. The second kappa shape index (κ2) is 7.14. The lowest BCUT2D eigenvalue weighted by atomic mass is 10.1. The van der Waals surface area contributed by atoms with Gasteiger partial charge in [0.1, 0.15) is 0 Å². The number of rotatable bonds is 7. The van der Waals surface area contributed by atoms with Crippen molar-refractivity contribution in [3.8, 4) is 11.5 Å². The van der Waals surface area contributed by atoms with E-state index in [1.165, 1.54) is 18.4 Å². The van der Waals surface area contributed by atoms with Crippen LogP contribution >= 0.6 is 0 Å². The van der Waals surface area contributed by atoms with Crippen LogP contribution in [0.4, 0.5) is 5.69 Å². The predicted molar refractivity (Wildman–Crippen MR) is 76.9 cm³/mol. The van der Waals surface area contributed by atoms with Gasteiger partial charge in [0.25, 0.3) is 0 Å². The quantitative estimate of drug-likeness (QED) is 0.794. The van der Waals surface area contributed by atoms with Crippen LogP contribution in [0.3, 0.4) is 0 Å². The fourth-order valence-corrected chi connectivity index (χ4v) is 2.08. The number of aryl methyl sites for hydroxylation is 1. The van der Waals surface area contributed by atoms with E-state index in [2.05, 4.69) is 26.1 Å². The molecule has 1 unspecified atom stereocenters. The van der Waals surface area contributed by atoms with E-state index in [4.69, 9.17) is 9.47 Å². The topological polar surface area (TPSA) is 30.5 Å². The van der Waals surface area contributed by atoms with Crippen molar-refractivity contribution in [2.24, 2.45) is 0 Å². The number of hydrogen-bond acceptors (Lipinski definition) is 3. The third-order valence-electron chi connectivity index (χ3n) is 3.22. The minimum atomic E-state index is 0.520. The van der Waals surface area contributed by atoms with Gasteiger partial charge in [-0.05, 0) is 31.4 Å². The molecule has 0 spiro atoms. The molecule has 0 aromatic heterocycles. The summed E-state index contributed by atoms with van der Waals surface area (Å²) in [6.45, 7) is 6.51. The molecule has 0 fully saturated rings. The average Bonchev–Trinajstić information content (AvgIpc) is 2.39. The number of hydrogen-bond donors (Lipinski definition) is 1. The summed E-state index contributed by atoms with van der Waals surface area (Å²) in [6.07, 6.45) is 3.50. The Morgan fingerprint density at radius 1 is 1.11 bits per heavy atom. The van der Waals surface area contributed by atoms with Crippen molar-refractivity contribution in [3.05, 3.63) is 17.7 Å². The summed E-state index contributed by atoms with van der Waals surface area (Å²) >= 11 is 0. The van der Waals surface area contributed by atoms with Crippen molar-refractivity contribution in [3.63, 3.8) is 0 Å². The van der Waals surface area contributed by atoms with Crippen molar-refractivity contribution in [2.45, 2.75) is 46.1 Å². The fourth-order valence-electron chi connectivity index (χ4n) is 2.08. The molecule has 1 aromatic carbocycles. The Balaban J connectivity index is 2.94. The van der Waals surface area contributed by atoms with Crippen LogP contribution in [0.5, 0.6) is 11.5 Å². The Morgan fingerprint density at radius 3 is 2.22 bits per heavy atom. The van der Waals surface area contributed by atoms with Crippen LogP contribution in [0.15, 0.2) is 12.1 Å². The molecule has 102 valence electrons. The van der Waals surface area contributed by atoms with Gasteiger partial charge >= 0.3 is 0 Å². The van der Waals surface area contributed by atoms with E-state index in [9.17, 15) is 0 Å². The third kappa shape index (κ3) is 3.56. The second-order valence-electron chi connectivity index (χ2n) is 4.56. The average molecular weight is 251 g/mol. The van der Waals surface area contributed by atoms with Crippen LogP contribution in [0.2, 0.25) is 0 Å². The molecular weight excluding hydrogens is 226 g/mol. The minimum Gasteiger partial charge on any atom is -0.493 e. The number of benzene rings is 1. The van der Waals surface area contributed by atoms with E-state index in [0.717, 1.165) is 23.6 Å². The summed E-state index contributed by atoms with van der Waals surface area (Å²) in [4.78, 5) is 0. The van der Waals surface area contributed by atoms with Gasteiger partial charge in [0, 0.05) is 17.8 Å². The van der Waals surface area contributed by atoms with E-state index in [0.29, 0.717) is 6.04 Å². The molecule has 0 heterocycles. The Morgan fingerprint density at radius 2 is 1.72 bits per heavy atom. The number of methoxy groups -OCH3 is 2. The van der Waals surface area contributed by atoms with Gasteiger partial charge in [-0.3, -0.25) is 0 Å². The fraction of sp³-hybridized carbons (Fsp3) is 0.600. The first kappa shape index (κ1) is 14.7. The number of anilines is 1. The van der Waals surface area contributed by atoms with Gasteiger partial charge in [-0.15, -0.1) is 0 Å². The predicted octanol–water partition coefficient (Wildman–Crippen LogP) is 4.00. The molecule has 0 saturated heterocycles. The smallest absolute Gasteiger partial charge is 0.162 e. The molecule has 0 saturated carbocycles. The molecule has 0 aliphatic carbocycles. The maximum atomic E-state index is 5.34. The summed E-state index contributed by atoms with van der Waals surface area (Å²) in [5.74, 6) is 1.56. The number of ether oxygens (including phenoxy) is 2. The SMILES string of the molecule is CCCC(CC)Nc1cc(OC)c(OC)cc1C. The lowest BCUT2D eigenvalue weighted by molar-refractivity contribution is 0.355. The molecule has 3 nitrogen and oxygen atoms in total. The molecule has 0 amide bonds. The molecule has 1 atom stereocenters. The van der Waals surface area contributed by atoms with Gasteiger partial charge in [0.05, 0.1) is 14.2 Å². The van der Waals surface area contributed by atoms with Gasteiger partial charge < -0.3 is 14.8 Å². The highest BCUT2D eigenvalue weighted by Gasteiger charge is 2.11. The van der Waals surface area contributed by atoms with Crippen molar-refractivity contribution in [2.75, 3.05) is 19.5 Å². The molecular formula is C15H25NO2. The molecule has 1 N–H and O–H groups in total. The normalized spacial score (nSPS) is 12.1. The monoisotopic (exact) mass is 251 g/mol. The largest absolute Gasteiger partial charge is 0.493 e. The number of nitrogens with one attached hydrogen (secondary N) is 1. The Hall–Kier alpha value is -1.38. The maximum Gasteiger partial charge on any atom is 0.162 e. The Labute approximate surface area is 110 Å².